The van der Waals surface area contributed by atoms with Gasteiger partial charge in [0.2, 0.25) is 0 Å². The van der Waals surface area contributed by atoms with Gasteiger partial charge in [0.15, 0.2) is 0 Å². The van der Waals surface area contributed by atoms with E-state index >= 15 is 0 Å². The number of carboxylic acids is 2. The smallest absolute Gasteiger partial charge is 0.305 e. The molecule has 5 heteroatoms. The number of hydrogen-bond donors (Lipinski definition) is 2. The van der Waals surface area contributed by atoms with Crippen LogP contribution in [-0.4, -0.2) is 35.4 Å². The van der Waals surface area contributed by atoms with Gasteiger partial charge >= 0.3 is 11.9 Å². The molecule has 70 valence electrons. The van der Waals surface area contributed by atoms with Crippen LogP contribution in [0.4, 0.5) is 0 Å². The highest BCUT2D eigenvalue weighted by molar-refractivity contribution is 5.68. The van der Waals surface area contributed by atoms with Crippen molar-refractivity contribution in [1.82, 2.24) is 0 Å². The number of hydrogen-bond acceptors (Lipinski definition) is 3. The normalized spacial score (nSPS) is 12.4. The van der Waals surface area contributed by atoms with Crippen LogP contribution in [0.25, 0.3) is 0 Å². The van der Waals surface area contributed by atoms with Crippen molar-refractivity contribution in [2.75, 3.05) is 7.11 Å². The van der Waals surface area contributed by atoms with Crippen molar-refractivity contribution in [2.24, 2.45) is 0 Å². The van der Waals surface area contributed by atoms with Gasteiger partial charge in [0, 0.05) is 13.5 Å². The predicted octanol–water partition coefficient (Wildman–Crippen LogP) is 0.341. The van der Waals surface area contributed by atoms with E-state index in [4.69, 9.17) is 14.9 Å². The molecule has 0 bridgehead atoms. The molecule has 0 aliphatic rings. The largest absolute Gasteiger partial charge is 0.481 e. The zero-order chi connectivity index (χ0) is 9.56. The van der Waals surface area contributed by atoms with Gasteiger partial charge in [-0.25, -0.2) is 0 Å². The van der Waals surface area contributed by atoms with Gasteiger partial charge in [-0.05, 0) is 6.42 Å². The maximum absolute atomic E-state index is 10.2. The average Bonchev–Trinajstić information content (AvgIpc) is 1.97. The van der Waals surface area contributed by atoms with Crippen LogP contribution in [0, 0.1) is 0 Å². The van der Waals surface area contributed by atoms with Crippen molar-refractivity contribution in [3.05, 3.63) is 0 Å². The van der Waals surface area contributed by atoms with Crippen molar-refractivity contribution < 1.29 is 24.5 Å². The van der Waals surface area contributed by atoms with Gasteiger partial charge in [0.05, 0.1) is 12.5 Å². The molecule has 0 aliphatic heterocycles. The molecule has 12 heavy (non-hydrogen) atoms. The van der Waals surface area contributed by atoms with E-state index in [2.05, 4.69) is 0 Å². The van der Waals surface area contributed by atoms with Gasteiger partial charge in [-0.3, -0.25) is 9.59 Å². The Labute approximate surface area is 70.0 Å². The Morgan fingerprint density at radius 2 is 1.92 bits per heavy atom. The van der Waals surface area contributed by atoms with Gasteiger partial charge < -0.3 is 14.9 Å². The van der Waals surface area contributed by atoms with Gasteiger partial charge in [0.1, 0.15) is 0 Å². The molecule has 1 atom stereocenters. The molecule has 0 heterocycles. The Morgan fingerprint density at radius 1 is 1.33 bits per heavy atom. The summed E-state index contributed by atoms with van der Waals surface area (Å²) in [4.78, 5) is 20.3. The molecule has 0 aromatic carbocycles. The van der Waals surface area contributed by atoms with Crippen molar-refractivity contribution in [3.63, 3.8) is 0 Å². The van der Waals surface area contributed by atoms with Crippen LogP contribution in [0.15, 0.2) is 0 Å². The van der Waals surface area contributed by atoms with E-state index in [0.717, 1.165) is 0 Å². The molecular weight excluding hydrogens is 164 g/mol. The third-order valence-corrected chi connectivity index (χ3v) is 1.42. The Morgan fingerprint density at radius 3 is 2.25 bits per heavy atom. The highest BCUT2D eigenvalue weighted by Gasteiger charge is 2.13. The van der Waals surface area contributed by atoms with Gasteiger partial charge in [-0.2, -0.15) is 0 Å². The van der Waals surface area contributed by atoms with Crippen LogP contribution >= 0.6 is 0 Å². The summed E-state index contributed by atoms with van der Waals surface area (Å²) in [7, 11) is 1.37. The first-order valence-electron chi connectivity index (χ1n) is 3.52. The minimum absolute atomic E-state index is 0.0637. The second-order valence-corrected chi connectivity index (χ2v) is 2.39. The lowest BCUT2D eigenvalue weighted by Gasteiger charge is -2.10. The first-order chi connectivity index (χ1) is 5.56. The topological polar surface area (TPSA) is 83.8 Å². The predicted molar refractivity (Wildman–Crippen MR) is 39.9 cm³/mol. The second-order valence-electron chi connectivity index (χ2n) is 2.39. The van der Waals surface area contributed by atoms with Gasteiger partial charge in [-0.1, -0.05) is 0 Å². The van der Waals surface area contributed by atoms with E-state index in [1.165, 1.54) is 7.11 Å². The molecule has 0 spiro atoms. The Hall–Kier alpha value is -1.10. The number of carboxylic acid groups (broad SMARTS) is 2. The molecule has 5 nitrogen and oxygen atoms in total. The van der Waals surface area contributed by atoms with E-state index in [0.29, 0.717) is 0 Å². The summed E-state index contributed by atoms with van der Waals surface area (Å²) in [6, 6.07) is 0. The molecule has 1 unspecified atom stereocenters. The molecule has 0 radical (unpaired) electrons. The van der Waals surface area contributed by atoms with Crippen LogP contribution in [0.3, 0.4) is 0 Å². The Bertz CT molecular complexity index is 165. The van der Waals surface area contributed by atoms with Crippen molar-refractivity contribution in [1.29, 1.82) is 0 Å². The standard InChI is InChI=1S/C7H12O5/c1-12-5(4-7(10)11)2-3-6(8)9/h5H,2-4H2,1H3,(H,8,9)(H,10,11). The SMILES string of the molecule is COC(CCC(=O)O)CC(=O)O. The highest BCUT2D eigenvalue weighted by atomic mass is 16.5. The lowest BCUT2D eigenvalue weighted by Crippen LogP contribution is -2.17. The molecule has 0 aromatic heterocycles. The zero-order valence-corrected chi connectivity index (χ0v) is 6.82. The summed E-state index contributed by atoms with van der Waals surface area (Å²) in [6.45, 7) is 0. The lowest BCUT2D eigenvalue weighted by atomic mass is 10.1. The molecule has 0 fully saturated rings. The van der Waals surface area contributed by atoms with E-state index in [9.17, 15) is 9.59 Å². The van der Waals surface area contributed by atoms with Gasteiger partial charge in [-0.15, -0.1) is 0 Å². The first-order valence-corrected chi connectivity index (χ1v) is 3.52. The zero-order valence-electron chi connectivity index (χ0n) is 6.82. The van der Waals surface area contributed by atoms with Crippen LogP contribution in [0.2, 0.25) is 0 Å². The van der Waals surface area contributed by atoms with Crippen molar-refractivity contribution >= 4 is 11.9 Å². The fourth-order valence-electron chi connectivity index (χ4n) is 0.782. The maximum Gasteiger partial charge on any atom is 0.305 e. The van der Waals surface area contributed by atoms with E-state index in [-0.39, 0.29) is 19.3 Å². The molecule has 0 amide bonds. The summed E-state index contributed by atoms with van der Waals surface area (Å²) < 4.78 is 4.77. The second kappa shape index (κ2) is 5.54. The lowest BCUT2D eigenvalue weighted by molar-refractivity contribution is -0.142. The Balaban J connectivity index is 3.67. The summed E-state index contributed by atoms with van der Waals surface area (Å²) in [5.74, 6) is -1.92. The fourth-order valence-corrected chi connectivity index (χ4v) is 0.782. The minimum Gasteiger partial charge on any atom is -0.481 e. The minimum atomic E-state index is -0.979. The third-order valence-electron chi connectivity index (χ3n) is 1.42. The summed E-state index contributed by atoms with van der Waals surface area (Å²) >= 11 is 0. The number of rotatable bonds is 6. The van der Waals surface area contributed by atoms with E-state index < -0.39 is 18.0 Å². The summed E-state index contributed by atoms with van der Waals surface area (Å²) in [5.41, 5.74) is 0. The molecule has 0 rings (SSSR count). The number of carbonyl (C=O) groups is 2. The average molecular weight is 176 g/mol. The Kier molecular flexibility index (Phi) is 5.03. The van der Waals surface area contributed by atoms with E-state index in [1.54, 1.807) is 0 Å². The number of ether oxygens (including phenoxy) is 1. The molecule has 0 saturated heterocycles. The fraction of sp³-hybridized carbons (Fsp3) is 0.714. The number of aliphatic carboxylic acids is 2. The molecule has 2 N–H and O–H groups in total. The highest BCUT2D eigenvalue weighted by Crippen LogP contribution is 2.05. The first kappa shape index (κ1) is 10.9. The van der Waals surface area contributed by atoms with E-state index in [1.807, 2.05) is 0 Å². The molecule has 0 saturated carbocycles. The third kappa shape index (κ3) is 5.67. The monoisotopic (exact) mass is 176 g/mol. The van der Waals surface area contributed by atoms with Crippen LogP contribution in [0.1, 0.15) is 19.3 Å². The van der Waals surface area contributed by atoms with Crippen LogP contribution < -0.4 is 0 Å². The van der Waals surface area contributed by atoms with Gasteiger partial charge in [0.25, 0.3) is 0 Å². The molecular formula is C7H12O5. The molecule has 0 aliphatic carbocycles. The molecule has 0 aromatic rings. The van der Waals surface area contributed by atoms with Crippen LogP contribution in [-0.2, 0) is 14.3 Å². The van der Waals surface area contributed by atoms with Crippen molar-refractivity contribution in [2.45, 2.75) is 25.4 Å². The summed E-state index contributed by atoms with van der Waals surface area (Å²) in [5, 5.41) is 16.6. The quantitative estimate of drug-likeness (QED) is 0.609. The van der Waals surface area contributed by atoms with Crippen molar-refractivity contribution in [3.8, 4) is 0 Å². The van der Waals surface area contributed by atoms with Crippen LogP contribution in [0.5, 0.6) is 0 Å². The maximum atomic E-state index is 10.2. The summed E-state index contributed by atoms with van der Waals surface area (Å²) in [6.07, 6.45) is -0.480. The number of methoxy groups -OCH3 is 1.